The SMILES string of the molecule is Cc1ccc(-c2c(Cl)nc(CC3CCOC3)nc2Cl)cc1. The van der Waals surface area contributed by atoms with Crippen molar-refractivity contribution in [1.82, 2.24) is 9.97 Å². The maximum absolute atomic E-state index is 6.33. The zero-order chi connectivity index (χ0) is 14.8. The molecule has 1 saturated heterocycles. The molecule has 1 unspecified atom stereocenters. The van der Waals surface area contributed by atoms with Gasteiger partial charge in [0.15, 0.2) is 0 Å². The number of benzene rings is 1. The van der Waals surface area contributed by atoms with E-state index < -0.39 is 0 Å². The van der Waals surface area contributed by atoms with E-state index in [1.165, 1.54) is 5.56 Å². The number of halogens is 2. The number of rotatable bonds is 3. The minimum absolute atomic E-state index is 0.410. The van der Waals surface area contributed by atoms with E-state index in [9.17, 15) is 0 Å². The van der Waals surface area contributed by atoms with Gasteiger partial charge in [0.1, 0.15) is 16.1 Å². The Morgan fingerprint density at radius 1 is 1.14 bits per heavy atom. The second-order valence-corrected chi connectivity index (χ2v) is 6.11. The molecule has 5 heteroatoms. The van der Waals surface area contributed by atoms with E-state index >= 15 is 0 Å². The molecule has 1 aliphatic heterocycles. The quantitative estimate of drug-likeness (QED) is 0.788. The van der Waals surface area contributed by atoms with Crippen molar-refractivity contribution in [2.75, 3.05) is 13.2 Å². The fourth-order valence-corrected chi connectivity index (χ4v) is 3.14. The Morgan fingerprint density at radius 3 is 2.38 bits per heavy atom. The van der Waals surface area contributed by atoms with Gasteiger partial charge in [-0.25, -0.2) is 9.97 Å². The molecule has 110 valence electrons. The van der Waals surface area contributed by atoms with Crippen LogP contribution < -0.4 is 0 Å². The summed E-state index contributed by atoms with van der Waals surface area (Å²) in [6.07, 6.45) is 1.80. The first kappa shape index (κ1) is 14.8. The molecule has 1 aromatic heterocycles. The normalized spacial score (nSPS) is 18.1. The van der Waals surface area contributed by atoms with Crippen LogP contribution in [0, 0.1) is 12.8 Å². The van der Waals surface area contributed by atoms with Gasteiger partial charge in [0.25, 0.3) is 0 Å². The smallest absolute Gasteiger partial charge is 0.142 e. The minimum atomic E-state index is 0.410. The largest absolute Gasteiger partial charge is 0.381 e. The number of aryl methyl sites for hydroxylation is 1. The van der Waals surface area contributed by atoms with Crippen LogP contribution in [-0.2, 0) is 11.2 Å². The van der Waals surface area contributed by atoms with E-state index in [1.54, 1.807) is 0 Å². The number of nitrogens with zero attached hydrogens (tertiary/aromatic N) is 2. The van der Waals surface area contributed by atoms with E-state index in [0.717, 1.165) is 31.6 Å². The molecule has 0 aliphatic carbocycles. The van der Waals surface area contributed by atoms with Crippen LogP contribution in [0.2, 0.25) is 10.3 Å². The molecule has 21 heavy (non-hydrogen) atoms. The van der Waals surface area contributed by atoms with Crippen LogP contribution in [0.15, 0.2) is 24.3 Å². The van der Waals surface area contributed by atoms with Crippen molar-refractivity contribution in [2.45, 2.75) is 19.8 Å². The molecule has 0 amide bonds. The molecule has 2 aromatic rings. The van der Waals surface area contributed by atoms with Crippen LogP contribution in [0.25, 0.3) is 11.1 Å². The third-order valence-corrected chi connectivity index (χ3v) is 4.25. The molecule has 3 rings (SSSR count). The third kappa shape index (κ3) is 3.37. The van der Waals surface area contributed by atoms with E-state index in [1.807, 2.05) is 31.2 Å². The zero-order valence-electron chi connectivity index (χ0n) is 11.8. The average molecular weight is 323 g/mol. The summed E-state index contributed by atoms with van der Waals surface area (Å²) in [7, 11) is 0. The summed E-state index contributed by atoms with van der Waals surface area (Å²) in [5, 5.41) is 0.820. The molecule has 1 atom stereocenters. The summed E-state index contributed by atoms with van der Waals surface area (Å²) >= 11 is 12.7. The van der Waals surface area contributed by atoms with Crippen molar-refractivity contribution in [3.05, 3.63) is 46.0 Å². The van der Waals surface area contributed by atoms with Crippen molar-refractivity contribution in [1.29, 1.82) is 0 Å². The molecule has 0 bridgehead atoms. The Morgan fingerprint density at radius 2 is 1.81 bits per heavy atom. The maximum Gasteiger partial charge on any atom is 0.142 e. The second kappa shape index (κ2) is 6.30. The van der Waals surface area contributed by atoms with E-state index in [4.69, 9.17) is 27.9 Å². The number of hydrogen-bond acceptors (Lipinski definition) is 3. The third-order valence-electron chi connectivity index (χ3n) is 3.70. The van der Waals surface area contributed by atoms with E-state index in [0.29, 0.717) is 27.6 Å². The predicted molar refractivity (Wildman–Crippen MR) is 84.9 cm³/mol. The lowest BCUT2D eigenvalue weighted by atomic mass is 10.0. The van der Waals surface area contributed by atoms with Crippen LogP contribution in [0.5, 0.6) is 0 Å². The Labute approximate surface area is 134 Å². The van der Waals surface area contributed by atoms with Gasteiger partial charge >= 0.3 is 0 Å². The number of aromatic nitrogens is 2. The molecule has 1 aromatic carbocycles. The number of hydrogen-bond donors (Lipinski definition) is 0. The van der Waals surface area contributed by atoms with E-state index in [2.05, 4.69) is 9.97 Å². The van der Waals surface area contributed by atoms with Crippen molar-refractivity contribution in [2.24, 2.45) is 5.92 Å². The molecule has 0 spiro atoms. The molecule has 0 radical (unpaired) electrons. The van der Waals surface area contributed by atoms with Crippen molar-refractivity contribution < 1.29 is 4.74 Å². The van der Waals surface area contributed by atoms with E-state index in [-0.39, 0.29) is 0 Å². The number of ether oxygens (including phenoxy) is 1. The highest BCUT2D eigenvalue weighted by Crippen LogP contribution is 2.33. The first-order chi connectivity index (χ1) is 10.1. The first-order valence-electron chi connectivity index (χ1n) is 7.00. The summed E-state index contributed by atoms with van der Waals surface area (Å²) in [4.78, 5) is 8.82. The van der Waals surface area contributed by atoms with Gasteiger partial charge in [-0.15, -0.1) is 0 Å². The molecule has 1 aliphatic rings. The predicted octanol–water partition coefficient (Wildman–Crippen LogP) is 4.34. The maximum atomic E-state index is 6.33. The summed E-state index contributed by atoms with van der Waals surface area (Å²) in [6, 6.07) is 8.00. The van der Waals surface area contributed by atoms with Gasteiger partial charge < -0.3 is 4.74 Å². The van der Waals surface area contributed by atoms with Crippen molar-refractivity contribution in [3.63, 3.8) is 0 Å². The highest BCUT2D eigenvalue weighted by Gasteiger charge is 2.20. The van der Waals surface area contributed by atoms with Crippen LogP contribution in [0.3, 0.4) is 0 Å². The van der Waals surface area contributed by atoms with Gasteiger partial charge in [0.2, 0.25) is 0 Å². The highest BCUT2D eigenvalue weighted by atomic mass is 35.5. The molecular formula is C16H16Cl2N2O. The van der Waals surface area contributed by atoms with Gasteiger partial charge in [-0.05, 0) is 24.8 Å². The summed E-state index contributed by atoms with van der Waals surface area (Å²) in [5.74, 6) is 1.15. The van der Waals surface area contributed by atoms with Gasteiger partial charge in [-0.1, -0.05) is 53.0 Å². The monoisotopic (exact) mass is 322 g/mol. The van der Waals surface area contributed by atoms with Crippen LogP contribution >= 0.6 is 23.2 Å². The Balaban J connectivity index is 1.90. The summed E-state index contributed by atoms with van der Waals surface area (Å²) in [5.41, 5.74) is 2.82. The molecule has 0 N–H and O–H groups in total. The zero-order valence-corrected chi connectivity index (χ0v) is 13.3. The minimum Gasteiger partial charge on any atom is -0.381 e. The Kier molecular flexibility index (Phi) is 4.43. The molecular weight excluding hydrogens is 307 g/mol. The van der Waals surface area contributed by atoms with Crippen molar-refractivity contribution >= 4 is 23.2 Å². The van der Waals surface area contributed by atoms with Crippen molar-refractivity contribution in [3.8, 4) is 11.1 Å². The van der Waals surface area contributed by atoms with Gasteiger partial charge in [-0.3, -0.25) is 0 Å². The lowest BCUT2D eigenvalue weighted by molar-refractivity contribution is 0.185. The lowest BCUT2D eigenvalue weighted by Gasteiger charge is -2.11. The molecule has 0 saturated carbocycles. The summed E-state index contributed by atoms with van der Waals surface area (Å²) < 4.78 is 5.37. The highest BCUT2D eigenvalue weighted by molar-refractivity contribution is 6.37. The summed E-state index contributed by atoms with van der Waals surface area (Å²) in [6.45, 7) is 3.61. The van der Waals surface area contributed by atoms with Crippen LogP contribution in [0.4, 0.5) is 0 Å². The van der Waals surface area contributed by atoms with Gasteiger partial charge in [-0.2, -0.15) is 0 Å². The fraction of sp³-hybridized carbons (Fsp3) is 0.375. The molecule has 1 fully saturated rings. The average Bonchev–Trinajstić information content (AvgIpc) is 2.93. The fourth-order valence-electron chi connectivity index (χ4n) is 2.50. The lowest BCUT2D eigenvalue weighted by Crippen LogP contribution is -2.08. The standard InChI is InChI=1S/C16H16Cl2N2O/c1-10-2-4-12(5-3-10)14-15(17)19-13(20-16(14)18)8-11-6-7-21-9-11/h2-5,11H,6-9H2,1H3. The second-order valence-electron chi connectivity index (χ2n) is 5.40. The molecule has 3 nitrogen and oxygen atoms in total. The van der Waals surface area contributed by atoms with Gasteiger partial charge in [0.05, 0.1) is 5.56 Å². The van der Waals surface area contributed by atoms with Crippen LogP contribution in [0.1, 0.15) is 17.8 Å². The van der Waals surface area contributed by atoms with Gasteiger partial charge in [0, 0.05) is 19.6 Å². The Bertz CT molecular complexity index is 614. The molecule has 2 heterocycles. The first-order valence-corrected chi connectivity index (χ1v) is 7.76. The Hall–Kier alpha value is -1.16. The topological polar surface area (TPSA) is 35.0 Å². The van der Waals surface area contributed by atoms with Crippen LogP contribution in [-0.4, -0.2) is 23.2 Å².